The number of benzene rings is 2. The number of para-hydroxylation sites is 2. The van der Waals surface area contributed by atoms with E-state index in [1.807, 2.05) is 66.9 Å². The number of carbonyl (C=O) groups is 2. The van der Waals surface area contributed by atoms with Crippen LogP contribution in [0.4, 0.5) is 0 Å². The molecule has 0 bridgehead atoms. The second-order valence-corrected chi connectivity index (χ2v) is 6.49. The van der Waals surface area contributed by atoms with E-state index in [4.69, 9.17) is 0 Å². The summed E-state index contributed by atoms with van der Waals surface area (Å²) in [4.78, 5) is 28.9. The van der Waals surface area contributed by atoms with Crippen LogP contribution < -0.4 is 5.32 Å². The molecule has 1 aromatic heterocycles. The van der Waals surface area contributed by atoms with Gasteiger partial charge >= 0.3 is 0 Å². The number of nitrogens with zero attached hydrogens (tertiary/aromatic N) is 2. The van der Waals surface area contributed by atoms with Crippen molar-refractivity contribution in [3.63, 3.8) is 0 Å². The fourth-order valence-corrected chi connectivity index (χ4v) is 3.10. The van der Waals surface area contributed by atoms with Crippen LogP contribution in [-0.2, 0) is 11.2 Å². The zero-order chi connectivity index (χ0) is 18.7. The molecule has 3 aromatic rings. The second-order valence-electron chi connectivity index (χ2n) is 6.49. The summed E-state index contributed by atoms with van der Waals surface area (Å²) >= 11 is 0. The van der Waals surface area contributed by atoms with Crippen LogP contribution >= 0.6 is 0 Å². The van der Waals surface area contributed by atoms with Crippen molar-refractivity contribution < 1.29 is 9.59 Å². The summed E-state index contributed by atoms with van der Waals surface area (Å²) in [6.45, 7) is 5.85. The predicted octanol–water partition coefficient (Wildman–Crippen LogP) is 3.47. The van der Waals surface area contributed by atoms with Gasteiger partial charge in [0.2, 0.25) is 0 Å². The average Bonchev–Trinajstić information content (AvgIpc) is 2.99. The maximum atomic E-state index is 12.4. The van der Waals surface area contributed by atoms with Gasteiger partial charge in [0.25, 0.3) is 5.91 Å². The summed E-state index contributed by atoms with van der Waals surface area (Å²) in [6.07, 6.45) is 0.559. The van der Waals surface area contributed by atoms with Crippen molar-refractivity contribution in [3.05, 3.63) is 65.5 Å². The van der Waals surface area contributed by atoms with Gasteiger partial charge in [-0.25, -0.2) is 4.98 Å². The minimum absolute atomic E-state index is 0.0818. The monoisotopic (exact) mass is 349 g/mol. The van der Waals surface area contributed by atoms with Crippen molar-refractivity contribution in [2.24, 2.45) is 0 Å². The molecule has 5 heteroatoms. The molecular weight excluding hydrogens is 326 g/mol. The quantitative estimate of drug-likeness (QED) is 0.741. The van der Waals surface area contributed by atoms with E-state index in [9.17, 15) is 9.59 Å². The Bertz CT molecular complexity index is 959. The van der Waals surface area contributed by atoms with Gasteiger partial charge in [0, 0.05) is 18.5 Å². The standard InChI is InChI=1S/C21H23N3O2/c1-14-8-4-5-9-17(14)21(26)22-13-12-20-23-18-10-6-7-11-19(18)24(20)15(2)16(3)25/h4-11,15H,12-13H2,1-3H3,(H,22,26). The molecule has 5 nitrogen and oxygen atoms in total. The largest absolute Gasteiger partial charge is 0.352 e. The van der Waals surface area contributed by atoms with Crippen LogP contribution in [0.1, 0.15) is 41.6 Å². The first-order valence-corrected chi connectivity index (χ1v) is 8.79. The average molecular weight is 349 g/mol. The van der Waals surface area contributed by atoms with Crippen LogP contribution in [0.15, 0.2) is 48.5 Å². The molecule has 2 aromatic carbocycles. The third-order valence-electron chi connectivity index (χ3n) is 4.67. The van der Waals surface area contributed by atoms with Gasteiger partial charge < -0.3 is 9.88 Å². The Morgan fingerprint density at radius 2 is 1.81 bits per heavy atom. The van der Waals surface area contributed by atoms with Crippen LogP contribution in [0.25, 0.3) is 11.0 Å². The minimum atomic E-state index is -0.288. The molecule has 134 valence electrons. The Kier molecular flexibility index (Phi) is 5.16. The zero-order valence-corrected chi connectivity index (χ0v) is 15.3. The molecule has 0 spiro atoms. The number of aromatic nitrogens is 2. The van der Waals surface area contributed by atoms with Gasteiger partial charge in [-0.3, -0.25) is 9.59 Å². The van der Waals surface area contributed by atoms with Crippen LogP contribution in [-0.4, -0.2) is 27.8 Å². The molecule has 0 radical (unpaired) electrons. The number of nitrogens with one attached hydrogen (secondary N) is 1. The van der Waals surface area contributed by atoms with E-state index in [0.29, 0.717) is 18.5 Å². The van der Waals surface area contributed by atoms with E-state index in [-0.39, 0.29) is 17.7 Å². The summed E-state index contributed by atoms with van der Waals surface area (Å²) in [5.74, 6) is 0.794. The number of aryl methyl sites for hydroxylation is 1. The maximum Gasteiger partial charge on any atom is 0.251 e. The third kappa shape index (κ3) is 3.52. The number of hydrogen-bond acceptors (Lipinski definition) is 3. The fourth-order valence-electron chi connectivity index (χ4n) is 3.10. The molecule has 0 saturated heterocycles. The van der Waals surface area contributed by atoms with Crippen molar-refractivity contribution in [1.82, 2.24) is 14.9 Å². The van der Waals surface area contributed by atoms with Gasteiger partial charge in [-0.15, -0.1) is 0 Å². The highest BCUT2D eigenvalue weighted by Crippen LogP contribution is 2.22. The van der Waals surface area contributed by atoms with E-state index in [2.05, 4.69) is 10.3 Å². The topological polar surface area (TPSA) is 64.0 Å². The van der Waals surface area contributed by atoms with Crippen molar-refractivity contribution in [3.8, 4) is 0 Å². The predicted molar refractivity (Wildman–Crippen MR) is 102 cm³/mol. The van der Waals surface area contributed by atoms with Gasteiger partial charge in [0.05, 0.1) is 17.1 Å². The second kappa shape index (κ2) is 7.52. The number of imidazole rings is 1. The zero-order valence-electron chi connectivity index (χ0n) is 15.3. The highest BCUT2D eigenvalue weighted by molar-refractivity contribution is 5.95. The number of rotatable bonds is 6. The molecule has 1 heterocycles. The minimum Gasteiger partial charge on any atom is -0.352 e. The van der Waals surface area contributed by atoms with Crippen molar-refractivity contribution in [2.45, 2.75) is 33.2 Å². The molecule has 1 unspecified atom stereocenters. The normalized spacial score (nSPS) is 12.1. The van der Waals surface area contributed by atoms with Gasteiger partial charge in [-0.1, -0.05) is 30.3 Å². The fraction of sp³-hybridized carbons (Fsp3) is 0.286. The highest BCUT2D eigenvalue weighted by Gasteiger charge is 2.18. The molecule has 0 aliphatic carbocycles. The third-order valence-corrected chi connectivity index (χ3v) is 4.67. The van der Waals surface area contributed by atoms with Gasteiger partial charge in [0.1, 0.15) is 5.82 Å². The summed E-state index contributed by atoms with van der Waals surface area (Å²) in [6, 6.07) is 15.0. The SMILES string of the molecule is CC(=O)C(C)n1c(CCNC(=O)c2ccccc2C)nc2ccccc21. The molecule has 0 fully saturated rings. The lowest BCUT2D eigenvalue weighted by Gasteiger charge is -2.15. The van der Waals surface area contributed by atoms with E-state index in [1.165, 1.54) is 0 Å². The lowest BCUT2D eigenvalue weighted by molar-refractivity contribution is -0.119. The molecular formula is C21H23N3O2. The lowest BCUT2D eigenvalue weighted by atomic mass is 10.1. The van der Waals surface area contributed by atoms with Gasteiger partial charge in [0.15, 0.2) is 5.78 Å². The molecule has 0 aliphatic heterocycles. The Morgan fingerprint density at radius 3 is 2.54 bits per heavy atom. The summed E-state index contributed by atoms with van der Waals surface area (Å²) in [5.41, 5.74) is 3.43. The van der Waals surface area contributed by atoms with E-state index in [1.54, 1.807) is 6.92 Å². The Morgan fingerprint density at radius 1 is 1.12 bits per heavy atom. The number of carbonyl (C=O) groups excluding carboxylic acids is 2. The lowest BCUT2D eigenvalue weighted by Crippen LogP contribution is -2.27. The van der Waals surface area contributed by atoms with Gasteiger partial charge in [-0.05, 0) is 44.5 Å². The number of amides is 1. The summed E-state index contributed by atoms with van der Waals surface area (Å²) in [7, 11) is 0. The highest BCUT2D eigenvalue weighted by atomic mass is 16.1. The molecule has 3 rings (SSSR count). The molecule has 0 aliphatic rings. The maximum absolute atomic E-state index is 12.4. The van der Waals surface area contributed by atoms with Gasteiger partial charge in [-0.2, -0.15) is 0 Å². The molecule has 1 N–H and O–H groups in total. The number of ketones is 1. The number of fused-ring (bicyclic) bond motifs is 1. The van der Waals surface area contributed by atoms with E-state index >= 15 is 0 Å². The molecule has 0 saturated carbocycles. The van der Waals surface area contributed by atoms with E-state index < -0.39 is 0 Å². The first-order chi connectivity index (χ1) is 12.5. The first-order valence-electron chi connectivity index (χ1n) is 8.79. The Hall–Kier alpha value is -2.95. The van der Waals surface area contributed by atoms with Crippen LogP contribution in [0.2, 0.25) is 0 Å². The molecule has 26 heavy (non-hydrogen) atoms. The molecule has 1 atom stereocenters. The summed E-state index contributed by atoms with van der Waals surface area (Å²) in [5, 5.41) is 2.95. The van der Waals surface area contributed by atoms with Crippen molar-refractivity contribution in [2.75, 3.05) is 6.54 Å². The molecule has 1 amide bonds. The smallest absolute Gasteiger partial charge is 0.251 e. The number of hydrogen-bond donors (Lipinski definition) is 1. The van der Waals surface area contributed by atoms with Crippen molar-refractivity contribution in [1.29, 1.82) is 0 Å². The number of Topliss-reactive ketones (excluding diaryl/α,β-unsaturated/α-hetero) is 1. The Labute approximate surface area is 153 Å². The van der Waals surface area contributed by atoms with Crippen LogP contribution in [0.5, 0.6) is 0 Å². The first kappa shape index (κ1) is 17.9. The Balaban J connectivity index is 1.79. The summed E-state index contributed by atoms with van der Waals surface area (Å²) < 4.78 is 1.97. The van der Waals surface area contributed by atoms with Crippen LogP contribution in [0, 0.1) is 6.92 Å². The van der Waals surface area contributed by atoms with E-state index in [0.717, 1.165) is 22.4 Å². The van der Waals surface area contributed by atoms with Crippen molar-refractivity contribution >= 4 is 22.7 Å². The van der Waals surface area contributed by atoms with Crippen LogP contribution in [0.3, 0.4) is 0 Å².